The predicted molar refractivity (Wildman–Crippen MR) is 429 cm³/mol. The number of benzene rings is 15. The highest BCUT2D eigenvalue weighted by atomic mass is 14.1. The van der Waals surface area contributed by atoms with Crippen molar-refractivity contribution in [3.8, 4) is 77.9 Å². The zero-order valence-electron chi connectivity index (χ0n) is 59.3. The lowest BCUT2D eigenvalue weighted by atomic mass is 9.92. The van der Waals surface area contributed by atoms with Crippen LogP contribution in [0.4, 0.5) is 0 Å². The van der Waals surface area contributed by atoms with Crippen LogP contribution in [0.5, 0.6) is 0 Å². The maximum atomic E-state index is 2.30. The minimum Gasteiger partial charge on any atom is -0.0622 e. The van der Waals surface area contributed by atoms with Gasteiger partial charge in [-0.2, -0.15) is 0 Å². The van der Waals surface area contributed by atoms with Gasteiger partial charge in [-0.1, -0.05) is 349 Å². The number of rotatable bonds is 7. The molecule has 0 heteroatoms. The predicted octanol–water partition coefficient (Wildman–Crippen LogP) is 27.8. The van der Waals surface area contributed by atoms with E-state index in [0.29, 0.717) is 0 Å². The van der Waals surface area contributed by atoms with Crippen LogP contribution in [-0.2, 0) is 0 Å². The Morgan fingerprint density at radius 3 is 0.857 bits per heavy atom. The third-order valence-electron chi connectivity index (χ3n) is 18.1. The lowest BCUT2D eigenvalue weighted by Crippen LogP contribution is -1.87. The average Bonchev–Trinajstić information content (AvgIpc) is 0.844. The Kier molecular flexibility index (Phi) is 24.1. The highest BCUT2D eigenvalue weighted by molar-refractivity contribution is 5.89. The molecule has 15 aromatic carbocycles. The van der Waals surface area contributed by atoms with Crippen LogP contribution in [0.15, 0.2) is 340 Å². The van der Waals surface area contributed by atoms with Gasteiger partial charge >= 0.3 is 0 Å². The molecule has 0 aliphatic rings. The van der Waals surface area contributed by atoms with Gasteiger partial charge in [-0.05, 0) is 240 Å². The molecule has 0 radical (unpaired) electrons. The Morgan fingerprint density at radius 1 is 0.133 bits per heavy atom. The maximum absolute atomic E-state index is 2.30. The number of hydrogen-bond donors (Lipinski definition) is 0. The van der Waals surface area contributed by atoms with Gasteiger partial charge < -0.3 is 0 Å². The highest BCUT2D eigenvalue weighted by Crippen LogP contribution is 2.35. The van der Waals surface area contributed by atoms with Gasteiger partial charge in [0.2, 0.25) is 0 Å². The monoisotopic (exact) mass is 1270 g/mol. The summed E-state index contributed by atoms with van der Waals surface area (Å²) in [5.41, 5.74) is 33.8. The van der Waals surface area contributed by atoms with Crippen molar-refractivity contribution in [2.75, 3.05) is 0 Å². The van der Waals surface area contributed by atoms with Crippen LogP contribution in [-0.4, -0.2) is 0 Å². The zero-order chi connectivity index (χ0) is 68.9. The van der Waals surface area contributed by atoms with Crippen molar-refractivity contribution in [1.29, 1.82) is 0 Å². The molecule has 0 spiro atoms. The van der Waals surface area contributed by atoms with E-state index >= 15 is 0 Å². The van der Waals surface area contributed by atoms with Crippen molar-refractivity contribution in [3.63, 3.8) is 0 Å². The first-order valence-corrected chi connectivity index (χ1v) is 34.3. The third kappa shape index (κ3) is 19.1. The number of fused-ring (bicyclic) bond motifs is 2. The molecule has 0 unspecified atom stereocenters. The first-order valence-electron chi connectivity index (χ1n) is 34.3. The molecule has 0 amide bonds. The minimum atomic E-state index is 1.25. The number of hydrogen-bond acceptors (Lipinski definition) is 0. The molecule has 0 heterocycles. The summed E-state index contributed by atoms with van der Waals surface area (Å²) in [4.78, 5) is 0. The van der Waals surface area contributed by atoms with Crippen molar-refractivity contribution >= 4 is 21.5 Å². The summed E-state index contributed by atoms with van der Waals surface area (Å²) >= 11 is 0. The molecule has 0 aromatic heterocycles. The quantitative estimate of drug-likeness (QED) is 0.149. The third-order valence-corrected chi connectivity index (χ3v) is 18.1. The normalized spacial score (nSPS) is 10.4. The molecule has 0 nitrogen and oxygen atoms in total. The minimum absolute atomic E-state index is 1.25. The molecule has 0 fully saturated rings. The molecular weight excluding hydrogens is 1180 g/mol. The topological polar surface area (TPSA) is 0 Å². The summed E-state index contributed by atoms with van der Waals surface area (Å²) in [5.74, 6) is 0. The van der Waals surface area contributed by atoms with E-state index in [9.17, 15) is 0 Å². The summed E-state index contributed by atoms with van der Waals surface area (Å²) in [6.45, 7) is 25.7. The van der Waals surface area contributed by atoms with Crippen LogP contribution in [0.3, 0.4) is 0 Å². The van der Waals surface area contributed by atoms with Crippen LogP contribution in [0.25, 0.3) is 99.4 Å². The van der Waals surface area contributed by atoms with Crippen LogP contribution in [0.1, 0.15) is 66.8 Å². The molecule has 15 aromatic rings. The molecular formula is C98H92. The van der Waals surface area contributed by atoms with Gasteiger partial charge in [-0.3, -0.25) is 0 Å². The molecule has 15 rings (SSSR count). The Balaban J connectivity index is 0.000000131. The summed E-state index contributed by atoms with van der Waals surface area (Å²) in [6.07, 6.45) is 0. The van der Waals surface area contributed by atoms with E-state index in [1.54, 1.807) is 0 Å². The second kappa shape index (κ2) is 34.0. The second-order valence-corrected chi connectivity index (χ2v) is 26.1. The second-order valence-electron chi connectivity index (χ2n) is 26.1. The summed E-state index contributed by atoms with van der Waals surface area (Å²) < 4.78 is 0. The molecule has 98 heavy (non-hydrogen) atoms. The number of aryl methyl sites for hydroxylation is 12. The molecule has 484 valence electrons. The summed E-state index contributed by atoms with van der Waals surface area (Å²) in [6, 6.07) is 121. The van der Waals surface area contributed by atoms with E-state index in [0.717, 1.165) is 0 Å². The van der Waals surface area contributed by atoms with Gasteiger partial charge in [0.1, 0.15) is 0 Å². The average molecular weight is 1270 g/mol. The van der Waals surface area contributed by atoms with Crippen molar-refractivity contribution in [3.05, 3.63) is 406 Å². The van der Waals surface area contributed by atoms with Crippen LogP contribution in [0, 0.1) is 83.1 Å². The first kappa shape index (κ1) is 69.6. The first-order chi connectivity index (χ1) is 47.5. The van der Waals surface area contributed by atoms with Crippen LogP contribution in [0.2, 0.25) is 0 Å². The Labute approximate surface area is 585 Å². The van der Waals surface area contributed by atoms with Gasteiger partial charge in [0, 0.05) is 0 Å². The fraction of sp³-hybridized carbons (Fsp3) is 0.122. The largest absolute Gasteiger partial charge is 0.0622 e. The fourth-order valence-corrected chi connectivity index (χ4v) is 12.3. The van der Waals surface area contributed by atoms with Gasteiger partial charge in [-0.25, -0.2) is 0 Å². The van der Waals surface area contributed by atoms with E-state index in [2.05, 4.69) is 423 Å². The fourth-order valence-electron chi connectivity index (χ4n) is 12.3. The van der Waals surface area contributed by atoms with Gasteiger partial charge in [0.05, 0.1) is 0 Å². The standard InChI is InChI=1S/C26H22.C21H20.2C14H14.C12H12.C11H10/c1-19-8-6-12-22(14-19)25-16-24(21-10-4-3-5-11-21)17-26(18-25)23-13-7-9-20(2)15-23;1-15-4-9-18(10-5-15)20-13-8-17(3)21(14-20)19-11-6-16(2)7-12-19;1-11-7-3-5-9-13(11)14-10-6-4-8-12(14)2;1-11-6-8-13(9-7-11)14-5-3-4-12(2)10-14;1-9-5-3-8-12-10(2)6-4-7-11(9)12;1-9-5-4-7-10-6-2-3-8-11(9)10/h3-18H,1-2H3;4-14H,1-3H3;2*3-10H,1-2H3;3-8H,1-2H3;2-8H,1H3. The molecule has 0 N–H and O–H groups in total. The zero-order valence-corrected chi connectivity index (χ0v) is 59.3. The van der Waals surface area contributed by atoms with Crippen molar-refractivity contribution in [2.24, 2.45) is 0 Å². The van der Waals surface area contributed by atoms with Gasteiger partial charge in [-0.15, -0.1) is 0 Å². The van der Waals surface area contributed by atoms with Gasteiger partial charge in [0.15, 0.2) is 0 Å². The van der Waals surface area contributed by atoms with Crippen molar-refractivity contribution < 1.29 is 0 Å². The Morgan fingerprint density at radius 2 is 0.418 bits per heavy atom. The van der Waals surface area contributed by atoms with Crippen molar-refractivity contribution in [2.45, 2.75) is 83.1 Å². The molecule has 0 bridgehead atoms. The molecule has 0 saturated heterocycles. The smallest absolute Gasteiger partial charge is 0.0149 e. The van der Waals surface area contributed by atoms with Crippen LogP contribution < -0.4 is 0 Å². The molecule has 0 aliphatic heterocycles. The Bertz CT molecular complexity index is 4910. The van der Waals surface area contributed by atoms with Crippen LogP contribution >= 0.6 is 0 Å². The lowest BCUT2D eigenvalue weighted by Gasteiger charge is -2.12. The highest BCUT2D eigenvalue weighted by Gasteiger charge is 2.10. The van der Waals surface area contributed by atoms with Crippen molar-refractivity contribution in [1.82, 2.24) is 0 Å². The lowest BCUT2D eigenvalue weighted by molar-refractivity contribution is 1.41. The van der Waals surface area contributed by atoms with E-state index in [1.165, 1.54) is 166 Å². The van der Waals surface area contributed by atoms with E-state index in [4.69, 9.17) is 0 Å². The summed E-state index contributed by atoms with van der Waals surface area (Å²) in [7, 11) is 0. The molecule has 0 aliphatic carbocycles. The van der Waals surface area contributed by atoms with E-state index < -0.39 is 0 Å². The molecule has 0 atom stereocenters. The SMILES string of the molecule is Cc1ccc(-c2ccc(C)c(-c3ccc(C)cc3)c2)cc1.Cc1ccc(-c2cccc(C)c2)cc1.Cc1cccc(-c2cc(-c3ccccc3)cc(-c3cccc(C)c3)c2)c1.Cc1cccc2c(C)cccc12.Cc1cccc2ccccc12.Cc1ccccc1-c1ccccc1C. The van der Waals surface area contributed by atoms with Gasteiger partial charge in [0.25, 0.3) is 0 Å². The van der Waals surface area contributed by atoms with E-state index in [1.807, 2.05) is 0 Å². The summed E-state index contributed by atoms with van der Waals surface area (Å²) in [5, 5.41) is 5.43. The van der Waals surface area contributed by atoms with E-state index in [-0.39, 0.29) is 0 Å². The maximum Gasteiger partial charge on any atom is -0.0149 e. The molecule has 0 saturated carbocycles. The Hall–Kier alpha value is -11.2.